The largest absolute Gasteiger partial charge is 0.480 e. The van der Waals surface area contributed by atoms with Gasteiger partial charge in [0.2, 0.25) is 5.91 Å². The number of primary amides is 1. The molecule has 0 radical (unpaired) electrons. The fourth-order valence-corrected chi connectivity index (χ4v) is 2.60. The van der Waals surface area contributed by atoms with Crippen molar-refractivity contribution in [1.29, 1.82) is 0 Å². The molecule has 0 aromatic rings. The Labute approximate surface area is 125 Å². The van der Waals surface area contributed by atoms with Gasteiger partial charge in [-0.2, -0.15) is 0 Å². The van der Waals surface area contributed by atoms with Gasteiger partial charge in [-0.05, 0) is 32.6 Å². The highest BCUT2D eigenvalue weighted by molar-refractivity contribution is 5.88. The van der Waals surface area contributed by atoms with Gasteiger partial charge in [-0.15, -0.1) is 0 Å². The second kappa shape index (κ2) is 7.28. The molecule has 3 N–H and O–H groups in total. The molecule has 7 heteroatoms. The normalized spacial score (nSPS) is 21.9. The van der Waals surface area contributed by atoms with E-state index in [1.165, 1.54) is 9.80 Å². The lowest BCUT2D eigenvalue weighted by molar-refractivity contribution is -0.150. The van der Waals surface area contributed by atoms with E-state index in [1.54, 1.807) is 6.92 Å². The zero-order valence-electron chi connectivity index (χ0n) is 12.8. The van der Waals surface area contributed by atoms with E-state index in [2.05, 4.69) is 0 Å². The summed E-state index contributed by atoms with van der Waals surface area (Å²) in [5.74, 6) is -1.60. The second-order valence-electron chi connectivity index (χ2n) is 5.71. The van der Waals surface area contributed by atoms with Gasteiger partial charge in [0, 0.05) is 13.1 Å². The van der Waals surface area contributed by atoms with Crippen LogP contribution in [-0.4, -0.2) is 58.0 Å². The topological polar surface area (TPSA) is 104 Å². The van der Waals surface area contributed by atoms with E-state index < -0.39 is 23.4 Å². The molecule has 3 amide bonds. The zero-order chi connectivity index (χ0) is 16.0. The monoisotopic (exact) mass is 299 g/mol. The Bertz CT molecular complexity index is 413. The van der Waals surface area contributed by atoms with Crippen LogP contribution in [0, 0.1) is 0 Å². The minimum absolute atomic E-state index is 0.176. The highest BCUT2D eigenvalue weighted by Crippen LogP contribution is 2.29. The maximum atomic E-state index is 12.6. The second-order valence-corrected chi connectivity index (χ2v) is 5.71. The average Bonchev–Trinajstić information content (AvgIpc) is 2.42. The maximum absolute atomic E-state index is 12.6. The molecule has 1 saturated heterocycles. The van der Waals surface area contributed by atoms with Crippen molar-refractivity contribution in [2.45, 2.75) is 51.5 Å². The number of carbonyl (C=O) groups excluding carboxylic acids is 2. The van der Waals surface area contributed by atoms with Crippen LogP contribution in [0.25, 0.3) is 0 Å². The first-order chi connectivity index (χ1) is 9.82. The van der Waals surface area contributed by atoms with Gasteiger partial charge in [-0.3, -0.25) is 4.79 Å². The van der Waals surface area contributed by atoms with E-state index in [4.69, 9.17) is 5.73 Å². The molecule has 1 aliphatic rings. The third-order valence-electron chi connectivity index (χ3n) is 3.98. The summed E-state index contributed by atoms with van der Waals surface area (Å²) in [6.45, 7) is 4.17. The van der Waals surface area contributed by atoms with Crippen molar-refractivity contribution < 1.29 is 19.5 Å². The highest BCUT2D eigenvalue weighted by Gasteiger charge is 2.45. The number of rotatable bonds is 6. The molecule has 0 aromatic carbocycles. The van der Waals surface area contributed by atoms with Crippen molar-refractivity contribution in [3.8, 4) is 0 Å². The number of carbonyl (C=O) groups is 3. The van der Waals surface area contributed by atoms with Gasteiger partial charge in [-0.1, -0.05) is 13.3 Å². The average molecular weight is 299 g/mol. The molecule has 0 spiro atoms. The van der Waals surface area contributed by atoms with Gasteiger partial charge in [0.25, 0.3) is 0 Å². The van der Waals surface area contributed by atoms with Gasteiger partial charge in [0.15, 0.2) is 0 Å². The minimum Gasteiger partial charge on any atom is -0.480 e. The first kappa shape index (κ1) is 17.3. The van der Waals surface area contributed by atoms with E-state index in [9.17, 15) is 19.5 Å². The van der Waals surface area contributed by atoms with Crippen molar-refractivity contribution in [3.63, 3.8) is 0 Å². The summed E-state index contributed by atoms with van der Waals surface area (Å²) in [7, 11) is 0. The Morgan fingerprint density at radius 2 is 2.00 bits per heavy atom. The van der Waals surface area contributed by atoms with Crippen LogP contribution >= 0.6 is 0 Å². The molecule has 1 heterocycles. The van der Waals surface area contributed by atoms with E-state index in [1.807, 2.05) is 6.92 Å². The number of aliphatic carboxylic acids is 1. The summed E-state index contributed by atoms with van der Waals surface area (Å²) >= 11 is 0. The molecule has 21 heavy (non-hydrogen) atoms. The summed E-state index contributed by atoms with van der Waals surface area (Å²) in [4.78, 5) is 38.1. The van der Waals surface area contributed by atoms with Crippen molar-refractivity contribution in [1.82, 2.24) is 9.80 Å². The molecule has 0 bridgehead atoms. The van der Waals surface area contributed by atoms with Crippen LogP contribution in [0.4, 0.5) is 4.79 Å². The van der Waals surface area contributed by atoms with E-state index in [0.717, 1.165) is 25.7 Å². The number of nitrogens with two attached hydrogens (primary N) is 1. The lowest BCUT2D eigenvalue weighted by Crippen LogP contribution is -2.61. The SMILES string of the molecule is CCCCN(CC(N)=O)C(=O)N1CCCCC1(C)C(=O)O. The number of nitrogens with zero attached hydrogens (tertiary/aromatic N) is 2. The molecule has 7 nitrogen and oxygen atoms in total. The van der Waals surface area contributed by atoms with Crippen molar-refractivity contribution in [3.05, 3.63) is 0 Å². The first-order valence-electron chi connectivity index (χ1n) is 7.41. The van der Waals surface area contributed by atoms with E-state index in [-0.39, 0.29) is 6.54 Å². The quantitative estimate of drug-likeness (QED) is 0.764. The molecular formula is C14H25N3O4. The van der Waals surface area contributed by atoms with Crippen LogP contribution in [0.15, 0.2) is 0 Å². The molecule has 0 aromatic heterocycles. The Kier molecular flexibility index (Phi) is 5.99. The van der Waals surface area contributed by atoms with Gasteiger partial charge in [0.1, 0.15) is 12.1 Å². The number of amides is 3. The Balaban J connectivity index is 2.93. The number of carboxylic acid groups (broad SMARTS) is 1. The highest BCUT2D eigenvalue weighted by atomic mass is 16.4. The van der Waals surface area contributed by atoms with Crippen LogP contribution in [0.2, 0.25) is 0 Å². The van der Waals surface area contributed by atoms with Crippen LogP contribution in [0.3, 0.4) is 0 Å². The Hall–Kier alpha value is -1.79. The molecule has 0 saturated carbocycles. The van der Waals surface area contributed by atoms with Crippen LogP contribution < -0.4 is 5.73 Å². The molecule has 0 aliphatic carbocycles. The number of carboxylic acids is 1. The van der Waals surface area contributed by atoms with E-state index in [0.29, 0.717) is 19.5 Å². The summed E-state index contributed by atoms with van der Waals surface area (Å²) in [5, 5.41) is 9.45. The van der Waals surface area contributed by atoms with Gasteiger partial charge in [-0.25, -0.2) is 9.59 Å². The third-order valence-corrected chi connectivity index (χ3v) is 3.98. The number of hydrogen-bond donors (Lipinski definition) is 2. The van der Waals surface area contributed by atoms with Crippen molar-refractivity contribution in [2.24, 2.45) is 5.73 Å². The summed E-state index contributed by atoms with van der Waals surface area (Å²) in [6.07, 6.45) is 3.59. The number of likely N-dealkylation sites (tertiary alicyclic amines) is 1. The molecule has 1 aliphatic heterocycles. The number of urea groups is 1. The Morgan fingerprint density at radius 1 is 1.33 bits per heavy atom. The molecule has 1 unspecified atom stereocenters. The predicted molar refractivity (Wildman–Crippen MR) is 77.7 cm³/mol. The van der Waals surface area contributed by atoms with Gasteiger partial charge < -0.3 is 20.6 Å². The van der Waals surface area contributed by atoms with Crippen LogP contribution in [0.1, 0.15) is 46.0 Å². The fourth-order valence-electron chi connectivity index (χ4n) is 2.60. The zero-order valence-corrected chi connectivity index (χ0v) is 12.8. The molecule has 1 fully saturated rings. The minimum atomic E-state index is -1.21. The number of unbranched alkanes of at least 4 members (excludes halogenated alkanes) is 1. The lowest BCUT2D eigenvalue weighted by Gasteiger charge is -2.43. The summed E-state index contributed by atoms with van der Waals surface area (Å²) in [6, 6.07) is -0.410. The first-order valence-corrected chi connectivity index (χ1v) is 7.41. The van der Waals surface area contributed by atoms with Crippen molar-refractivity contribution in [2.75, 3.05) is 19.6 Å². The van der Waals surface area contributed by atoms with E-state index >= 15 is 0 Å². The maximum Gasteiger partial charge on any atom is 0.329 e. The Morgan fingerprint density at radius 3 is 2.52 bits per heavy atom. The number of hydrogen-bond acceptors (Lipinski definition) is 3. The third kappa shape index (κ3) is 4.09. The predicted octanol–water partition coefficient (Wildman–Crippen LogP) is 1.02. The lowest BCUT2D eigenvalue weighted by atomic mass is 9.89. The molecule has 1 atom stereocenters. The molecular weight excluding hydrogens is 274 g/mol. The molecule has 120 valence electrons. The van der Waals surface area contributed by atoms with Crippen LogP contribution in [0.5, 0.6) is 0 Å². The smallest absolute Gasteiger partial charge is 0.329 e. The summed E-state index contributed by atoms with van der Waals surface area (Å²) < 4.78 is 0. The van der Waals surface area contributed by atoms with Gasteiger partial charge >= 0.3 is 12.0 Å². The molecule has 1 rings (SSSR count). The van der Waals surface area contributed by atoms with Gasteiger partial charge in [0.05, 0.1) is 0 Å². The summed E-state index contributed by atoms with van der Waals surface area (Å²) in [5.41, 5.74) is 3.98. The number of piperidine rings is 1. The fraction of sp³-hybridized carbons (Fsp3) is 0.786. The standard InChI is InChI=1S/C14H25N3O4/c1-3-4-8-16(10-11(15)18)13(21)17-9-6-5-7-14(17,2)12(19)20/h3-10H2,1-2H3,(H2,15,18)(H,19,20). The van der Waals surface area contributed by atoms with Crippen LogP contribution in [-0.2, 0) is 9.59 Å². The van der Waals surface area contributed by atoms with Crippen molar-refractivity contribution >= 4 is 17.9 Å².